The van der Waals surface area contributed by atoms with Crippen LogP contribution >= 0.6 is 0 Å². The maximum absolute atomic E-state index is 15.2. The molecule has 1 atom stereocenters. The monoisotopic (exact) mass is 490 g/mol. The largest absolute Gasteiger partial charge is 0.355 e. The number of aryl methyl sites for hydroxylation is 1. The summed E-state index contributed by atoms with van der Waals surface area (Å²) in [5.74, 6) is -7.27. The molecule has 0 aliphatic carbocycles. The van der Waals surface area contributed by atoms with Crippen LogP contribution in [0.2, 0.25) is 0 Å². The summed E-state index contributed by atoms with van der Waals surface area (Å²) in [5.41, 5.74) is 0.586. The molecule has 3 aromatic rings. The number of benzene rings is 1. The summed E-state index contributed by atoms with van der Waals surface area (Å²) in [6.45, 7) is 3.28. The highest BCUT2D eigenvalue weighted by Crippen LogP contribution is 2.39. The number of nitrogens with one attached hydrogen (secondary N) is 1. The van der Waals surface area contributed by atoms with Crippen molar-refractivity contribution in [1.29, 1.82) is 0 Å². The van der Waals surface area contributed by atoms with E-state index in [2.05, 4.69) is 10.3 Å². The Labute approximate surface area is 199 Å². The second-order valence-electron chi connectivity index (χ2n) is 8.84. The van der Waals surface area contributed by atoms with E-state index in [1.54, 1.807) is 29.7 Å². The van der Waals surface area contributed by atoms with Gasteiger partial charge in [-0.25, -0.2) is 22.5 Å². The number of alkyl halides is 2. The van der Waals surface area contributed by atoms with E-state index in [-0.39, 0.29) is 48.8 Å². The van der Waals surface area contributed by atoms with Crippen LogP contribution in [0.15, 0.2) is 30.5 Å². The summed E-state index contributed by atoms with van der Waals surface area (Å²) in [6, 6.07) is 5.23. The Bertz CT molecular complexity index is 1280. The van der Waals surface area contributed by atoms with Crippen LogP contribution in [0.1, 0.15) is 41.4 Å². The minimum Gasteiger partial charge on any atom is -0.355 e. The third-order valence-corrected chi connectivity index (χ3v) is 6.50. The minimum atomic E-state index is -3.07. The maximum atomic E-state index is 15.2. The fourth-order valence-electron chi connectivity index (χ4n) is 4.54. The van der Waals surface area contributed by atoms with Crippen molar-refractivity contribution >= 4 is 17.5 Å². The fraction of sp³-hybridized carbons (Fsp3) is 0.400. The van der Waals surface area contributed by atoms with Gasteiger partial charge in [-0.3, -0.25) is 9.59 Å². The molecule has 0 saturated carbocycles. The molecule has 35 heavy (non-hydrogen) atoms. The van der Waals surface area contributed by atoms with Crippen LogP contribution in [0.25, 0.3) is 16.9 Å². The summed E-state index contributed by atoms with van der Waals surface area (Å²) in [6.07, 6.45) is 1.09. The van der Waals surface area contributed by atoms with Crippen molar-refractivity contribution < 1.29 is 27.2 Å². The van der Waals surface area contributed by atoms with Crippen molar-refractivity contribution in [3.63, 3.8) is 0 Å². The van der Waals surface area contributed by atoms with Crippen LogP contribution in [0, 0.1) is 24.5 Å². The van der Waals surface area contributed by atoms with Crippen molar-refractivity contribution in [2.24, 2.45) is 5.92 Å². The summed E-state index contributed by atoms with van der Waals surface area (Å²) >= 11 is 0. The van der Waals surface area contributed by atoms with E-state index in [4.69, 9.17) is 0 Å². The van der Waals surface area contributed by atoms with Crippen molar-refractivity contribution in [3.05, 3.63) is 58.9 Å². The predicted octanol–water partition coefficient (Wildman–Crippen LogP) is 4.38. The number of piperidine rings is 1. The molecule has 10 heteroatoms. The molecule has 1 fully saturated rings. The number of hydrogen-bond donors (Lipinski definition) is 1. The van der Waals surface area contributed by atoms with Gasteiger partial charge in [0.15, 0.2) is 0 Å². The Morgan fingerprint density at radius 1 is 1.20 bits per heavy atom. The first-order valence-electron chi connectivity index (χ1n) is 11.4. The summed E-state index contributed by atoms with van der Waals surface area (Å²) in [7, 11) is 1.34. The van der Waals surface area contributed by atoms with Gasteiger partial charge in [-0.1, -0.05) is 6.92 Å². The van der Waals surface area contributed by atoms with E-state index in [1.165, 1.54) is 11.9 Å². The highest BCUT2D eigenvalue weighted by molar-refractivity contribution is 5.94. The molecule has 1 aliphatic rings. The minimum absolute atomic E-state index is 0.0421. The number of pyridine rings is 1. The number of fused-ring (bicyclic) bond motifs is 1. The lowest BCUT2D eigenvalue weighted by atomic mass is 9.88. The number of halogens is 4. The zero-order chi connectivity index (χ0) is 25.5. The summed E-state index contributed by atoms with van der Waals surface area (Å²) in [5, 5.41) is 2.31. The Balaban J connectivity index is 1.85. The van der Waals surface area contributed by atoms with Crippen molar-refractivity contribution in [1.82, 2.24) is 19.6 Å². The number of aromatic nitrogens is 2. The van der Waals surface area contributed by atoms with E-state index >= 15 is 8.78 Å². The van der Waals surface area contributed by atoms with E-state index in [0.717, 1.165) is 17.7 Å². The standard InChI is InChI=1S/C25H26F4N4O2/c1-4-21(34)32-8-6-25(28,29)16(13-32)12-19-23(31-20-9-14(2)5-7-33(19)20)22-17(26)10-15(11-18(22)27)24(35)30-3/h5,7,9-11,16H,4,6,8,12-13H2,1-3H3,(H,30,35)/t16-/m0/s1. The van der Waals surface area contributed by atoms with Crippen LogP contribution in [-0.2, 0) is 11.2 Å². The fourth-order valence-corrected chi connectivity index (χ4v) is 4.54. The predicted molar refractivity (Wildman–Crippen MR) is 122 cm³/mol. The van der Waals surface area contributed by atoms with Crippen LogP contribution in [-0.4, -0.2) is 52.2 Å². The van der Waals surface area contributed by atoms with E-state index in [9.17, 15) is 18.4 Å². The third-order valence-electron chi connectivity index (χ3n) is 6.50. The number of carbonyl (C=O) groups is 2. The van der Waals surface area contributed by atoms with Crippen molar-refractivity contribution in [2.45, 2.75) is 39.0 Å². The van der Waals surface area contributed by atoms with Gasteiger partial charge in [0, 0.05) is 57.1 Å². The van der Waals surface area contributed by atoms with Gasteiger partial charge >= 0.3 is 0 Å². The number of amides is 2. The van der Waals surface area contributed by atoms with Gasteiger partial charge in [0.05, 0.1) is 17.0 Å². The molecule has 2 aromatic heterocycles. The number of hydrogen-bond acceptors (Lipinski definition) is 3. The first-order chi connectivity index (χ1) is 16.6. The van der Waals surface area contributed by atoms with Crippen molar-refractivity contribution in [3.8, 4) is 11.3 Å². The molecule has 186 valence electrons. The van der Waals surface area contributed by atoms with E-state index < -0.39 is 41.4 Å². The molecule has 1 aromatic carbocycles. The molecular formula is C25H26F4N4O2. The van der Waals surface area contributed by atoms with Crippen LogP contribution in [0.5, 0.6) is 0 Å². The Morgan fingerprint density at radius 3 is 2.51 bits per heavy atom. The molecule has 1 saturated heterocycles. The second kappa shape index (κ2) is 9.31. The molecular weight excluding hydrogens is 464 g/mol. The average molecular weight is 491 g/mol. The van der Waals surface area contributed by atoms with Gasteiger partial charge in [0.2, 0.25) is 5.91 Å². The Morgan fingerprint density at radius 2 is 1.89 bits per heavy atom. The Kier molecular flexibility index (Phi) is 6.57. The van der Waals surface area contributed by atoms with Gasteiger partial charge in [-0.05, 0) is 36.8 Å². The molecule has 0 radical (unpaired) electrons. The molecule has 0 bridgehead atoms. The molecule has 4 rings (SSSR count). The van der Waals surface area contributed by atoms with Gasteiger partial charge in [0.1, 0.15) is 17.3 Å². The molecule has 0 spiro atoms. The van der Waals surface area contributed by atoms with Gasteiger partial charge < -0.3 is 14.6 Å². The zero-order valence-electron chi connectivity index (χ0n) is 19.7. The van der Waals surface area contributed by atoms with Crippen LogP contribution < -0.4 is 5.32 Å². The van der Waals surface area contributed by atoms with Crippen LogP contribution in [0.3, 0.4) is 0 Å². The SMILES string of the molecule is CCC(=O)N1CCC(F)(F)[C@@H](Cc2c(-c3c(F)cc(C(=O)NC)cc3F)nc3cc(C)ccn23)C1. The number of likely N-dealkylation sites (tertiary alicyclic amines) is 1. The highest BCUT2D eigenvalue weighted by Gasteiger charge is 2.45. The normalized spacial score (nSPS) is 17.6. The number of nitrogens with zero attached hydrogens (tertiary/aromatic N) is 3. The first-order valence-corrected chi connectivity index (χ1v) is 11.4. The van der Waals surface area contributed by atoms with E-state index in [1.807, 2.05) is 6.92 Å². The Hall–Kier alpha value is -3.43. The van der Waals surface area contributed by atoms with Crippen molar-refractivity contribution in [2.75, 3.05) is 20.1 Å². The molecule has 6 nitrogen and oxygen atoms in total. The lowest BCUT2D eigenvalue weighted by Gasteiger charge is -2.38. The zero-order valence-corrected chi connectivity index (χ0v) is 19.7. The molecule has 1 N–H and O–H groups in total. The molecule has 1 aliphatic heterocycles. The summed E-state index contributed by atoms with van der Waals surface area (Å²) in [4.78, 5) is 29.9. The smallest absolute Gasteiger partial charge is 0.254 e. The van der Waals surface area contributed by atoms with Crippen LogP contribution in [0.4, 0.5) is 17.6 Å². The van der Waals surface area contributed by atoms with E-state index in [0.29, 0.717) is 5.65 Å². The lowest BCUT2D eigenvalue weighted by Crippen LogP contribution is -2.50. The number of imidazole rings is 1. The highest BCUT2D eigenvalue weighted by atomic mass is 19.3. The summed E-state index contributed by atoms with van der Waals surface area (Å²) < 4.78 is 61.8. The van der Waals surface area contributed by atoms with Gasteiger partial charge in [-0.2, -0.15) is 0 Å². The van der Waals surface area contributed by atoms with Gasteiger partial charge in [-0.15, -0.1) is 0 Å². The molecule has 0 unspecified atom stereocenters. The first kappa shape index (κ1) is 24.7. The molecule has 2 amide bonds. The number of rotatable bonds is 5. The maximum Gasteiger partial charge on any atom is 0.254 e. The second-order valence-corrected chi connectivity index (χ2v) is 8.84. The average Bonchev–Trinajstić information content (AvgIpc) is 3.15. The van der Waals surface area contributed by atoms with Gasteiger partial charge in [0.25, 0.3) is 11.8 Å². The lowest BCUT2D eigenvalue weighted by molar-refractivity contribution is -0.145. The third kappa shape index (κ3) is 4.61. The quantitative estimate of drug-likeness (QED) is 0.540. The topological polar surface area (TPSA) is 66.7 Å². The molecule has 3 heterocycles. The number of carbonyl (C=O) groups excluding carboxylic acids is 2.